The lowest BCUT2D eigenvalue weighted by Crippen LogP contribution is -2.51. The number of nitrogens with two attached hydrogens (primary N) is 1. The van der Waals surface area contributed by atoms with E-state index < -0.39 is 18.8 Å². The van der Waals surface area contributed by atoms with Crippen molar-refractivity contribution in [1.82, 2.24) is 29.9 Å². The lowest BCUT2D eigenvalue weighted by Gasteiger charge is -2.41. The molecule has 5 aromatic rings. The molecule has 12 heteroatoms. The van der Waals surface area contributed by atoms with E-state index in [4.69, 9.17) is 8.48 Å². The minimum Gasteiger partial charge on any atom is -0.507 e. The molecular formula is C45H52FN9O2. The first-order chi connectivity index (χ1) is 28.6. The number of para-hydroxylation sites is 1. The Labute approximate surface area is 336 Å². The first-order valence-corrected chi connectivity index (χ1v) is 20.3. The summed E-state index contributed by atoms with van der Waals surface area (Å²) < 4.78 is 34.8. The van der Waals surface area contributed by atoms with Crippen LogP contribution in [0.25, 0.3) is 22.2 Å². The number of fused-ring (bicyclic) bond motifs is 1. The number of rotatable bonds is 8. The summed E-state index contributed by atoms with van der Waals surface area (Å²) in [4.78, 5) is 21.7. The summed E-state index contributed by atoms with van der Waals surface area (Å²) in [6, 6.07) is 25.6. The molecule has 3 atom stereocenters. The predicted octanol–water partition coefficient (Wildman–Crippen LogP) is 6.93. The third-order valence-electron chi connectivity index (χ3n) is 12.4. The van der Waals surface area contributed by atoms with Crippen molar-refractivity contribution in [2.24, 2.45) is 0 Å². The number of hydrogen-bond acceptors (Lipinski definition) is 9. The molecule has 3 fully saturated rings. The Morgan fingerprint density at radius 2 is 1.77 bits per heavy atom. The highest BCUT2D eigenvalue weighted by atomic mass is 19.1. The normalized spacial score (nSPS) is 23.7. The zero-order chi connectivity index (χ0) is 40.7. The number of aromatic nitrogens is 3. The number of phenols is 1. The van der Waals surface area contributed by atoms with Crippen molar-refractivity contribution in [2.75, 3.05) is 74.5 Å². The van der Waals surface area contributed by atoms with E-state index in [1.807, 2.05) is 41.3 Å². The third kappa shape index (κ3) is 7.80. The minimum atomic E-state index is -1.32. The Kier molecular flexibility index (Phi) is 9.65. The van der Waals surface area contributed by atoms with Gasteiger partial charge in [-0.2, -0.15) is 0 Å². The number of halogens is 1. The summed E-state index contributed by atoms with van der Waals surface area (Å²) in [6.07, 6.45) is 10.2. The first kappa shape index (κ1) is 34.8. The Morgan fingerprint density at radius 3 is 2.56 bits per heavy atom. The monoisotopic (exact) mass is 771 g/mol. The quantitative estimate of drug-likeness (QED) is 0.154. The van der Waals surface area contributed by atoms with Crippen LogP contribution in [0.4, 0.5) is 21.6 Å². The van der Waals surface area contributed by atoms with E-state index in [1.165, 1.54) is 0 Å². The zero-order valence-electron chi connectivity index (χ0n) is 34.2. The molecule has 0 bridgehead atoms. The molecule has 11 nitrogen and oxygen atoms in total. The van der Waals surface area contributed by atoms with Crippen molar-refractivity contribution < 1.29 is 17.0 Å². The summed E-state index contributed by atoms with van der Waals surface area (Å²) in [5.74, 6) is 0.690. The summed E-state index contributed by atoms with van der Waals surface area (Å²) in [6.45, 7) is 3.16. The van der Waals surface area contributed by atoms with E-state index in [1.54, 1.807) is 29.3 Å². The highest BCUT2D eigenvalue weighted by Gasteiger charge is 2.38. The van der Waals surface area contributed by atoms with Gasteiger partial charge in [-0.1, -0.05) is 30.3 Å². The van der Waals surface area contributed by atoms with Gasteiger partial charge in [0.05, 0.1) is 19.4 Å². The maximum Gasteiger partial charge on any atom is 0.253 e. The highest BCUT2D eigenvalue weighted by molar-refractivity contribution is 5.94. The second kappa shape index (κ2) is 15.8. The van der Waals surface area contributed by atoms with Crippen molar-refractivity contribution in [3.63, 3.8) is 0 Å². The number of phenolic OH excluding ortho intramolecular Hbond substituents is 1. The number of aromatic hydroxyl groups is 1. The fourth-order valence-electron chi connectivity index (χ4n) is 9.19. The second-order valence-corrected chi connectivity index (χ2v) is 16.1. The predicted molar refractivity (Wildman–Crippen MR) is 224 cm³/mol. The van der Waals surface area contributed by atoms with Gasteiger partial charge in [-0.05, 0) is 85.8 Å². The number of nitrogens with one attached hydrogen (secondary N) is 1. The maximum atomic E-state index is 16.3. The number of carbonyl (C=O) groups excluding carboxylic acids is 1. The molecule has 0 radical (unpaired) electrons. The van der Waals surface area contributed by atoms with Gasteiger partial charge in [0.2, 0.25) is 0 Å². The van der Waals surface area contributed by atoms with E-state index in [0.29, 0.717) is 61.2 Å². The number of anilines is 3. The molecule has 3 saturated heterocycles. The summed E-state index contributed by atoms with van der Waals surface area (Å²) in [5.41, 5.74) is 10.8. The summed E-state index contributed by atoms with van der Waals surface area (Å²) >= 11 is 0. The molecule has 6 heterocycles. The van der Waals surface area contributed by atoms with Crippen molar-refractivity contribution in [3.8, 4) is 17.0 Å². The van der Waals surface area contributed by atoms with Crippen LogP contribution in [-0.4, -0.2) is 100 Å². The van der Waals surface area contributed by atoms with E-state index in [9.17, 15) is 9.90 Å². The van der Waals surface area contributed by atoms with Crippen LogP contribution in [0, 0.1) is 0 Å². The lowest BCUT2D eigenvalue weighted by atomic mass is 9.89. The van der Waals surface area contributed by atoms with Gasteiger partial charge in [-0.15, -0.1) is 10.2 Å². The average molecular weight is 772 g/mol. The van der Waals surface area contributed by atoms with Gasteiger partial charge in [0.25, 0.3) is 5.91 Å². The number of likely N-dealkylation sites (tertiary alicyclic amines) is 2. The fourth-order valence-corrected chi connectivity index (χ4v) is 9.19. The molecule has 1 amide bonds. The number of amides is 1. The van der Waals surface area contributed by atoms with Gasteiger partial charge < -0.3 is 35.0 Å². The number of nitrogen functional groups attached to an aromatic ring is 1. The van der Waals surface area contributed by atoms with Crippen LogP contribution in [0.3, 0.4) is 0 Å². The fraction of sp³-hybridized carbons (Fsp3) is 0.400. The second-order valence-electron chi connectivity index (χ2n) is 16.1. The molecule has 57 heavy (non-hydrogen) atoms. The average Bonchev–Trinajstić information content (AvgIpc) is 3.68. The number of alkyl halides is 1. The van der Waals surface area contributed by atoms with Gasteiger partial charge >= 0.3 is 0 Å². The van der Waals surface area contributed by atoms with Crippen LogP contribution in [-0.2, 0) is 0 Å². The highest BCUT2D eigenvalue weighted by Crippen LogP contribution is 2.37. The maximum absolute atomic E-state index is 16.3. The Balaban J connectivity index is 0.762. The molecule has 2 aromatic heterocycles. The molecule has 4 N–H and O–H groups in total. The van der Waals surface area contributed by atoms with Crippen LogP contribution in [0.2, 0.25) is 0 Å². The number of carbonyl (C=O) groups is 1. The van der Waals surface area contributed by atoms with Crippen molar-refractivity contribution in [2.45, 2.75) is 56.2 Å². The standard InChI is InChI=1S/C45H52FN9O2/c46-45(30-51-22-15-36(16-23-51)55-24-14-34-27-37(12-13-40(34)55)54-21-4-19-48-31-54)17-25-52(26-18-45)44(57)33-10-8-32(9-11-33)35-5-3-20-53(29-35)41-28-39(49-50-43(41)47)38-6-1-2-7-42(38)56/h1-2,4,6-14,21,24,27-28,35-36,48,56H,3,5,15-20,22-23,25-26,29-31H2,(H2,47,50)/i19D,31D/t19?,31-,35?/m1/s1. The SMILES string of the molecule is [2H]C1C=CN(c2ccc3c(ccn3C3CCN(CC4(F)CCN(C(=O)c5ccc(C6CCCN(c7cc(-c8ccccc8O)nnc7N)C6)cc5)CC4)CC3)c2)[C@H]([2H])N1. The first-order valence-electron chi connectivity index (χ1n) is 21.4. The van der Waals surface area contributed by atoms with E-state index in [2.05, 4.69) is 66.4 Å². The van der Waals surface area contributed by atoms with Gasteiger partial charge in [0.1, 0.15) is 11.4 Å². The van der Waals surface area contributed by atoms with Crippen molar-refractivity contribution in [3.05, 3.63) is 108 Å². The molecule has 296 valence electrons. The largest absolute Gasteiger partial charge is 0.507 e. The molecule has 0 saturated carbocycles. The Hall–Kier alpha value is -5.46. The van der Waals surface area contributed by atoms with Crippen molar-refractivity contribution >= 4 is 34.0 Å². The van der Waals surface area contributed by atoms with Crippen LogP contribution in [0.1, 0.15) is 69.1 Å². The topological polar surface area (TPSA) is 119 Å². The number of piperidine rings is 3. The number of benzene rings is 3. The van der Waals surface area contributed by atoms with E-state index in [0.717, 1.165) is 79.7 Å². The Morgan fingerprint density at radius 1 is 0.965 bits per heavy atom. The minimum absolute atomic E-state index is 0.0480. The molecule has 4 aliphatic rings. The number of nitrogens with zero attached hydrogens (tertiary/aromatic N) is 7. The van der Waals surface area contributed by atoms with E-state index >= 15 is 4.39 Å². The van der Waals surface area contributed by atoms with Crippen molar-refractivity contribution in [1.29, 1.82) is 0 Å². The van der Waals surface area contributed by atoms with Gasteiger partial charge in [-0.25, -0.2) is 4.39 Å². The molecular weight excluding hydrogens is 718 g/mol. The Bertz CT molecular complexity index is 2320. The molecule has 3 aromatic carbocycles. The smallest absolute Gasteiger partial charge is 0.253 e. The summed E-state index contributed by atoms with van der Waals surface area (Å²) in [7, 11) is 0. The molecule has 0 spiro atoms. The molecule has 0 aliphatic carbocycles. The third-order valence-corrected chi connectivity index (χ3v) is 12.4. The molecule has 9 rings (SSSR count). The summed E-state index contributed by atoms with van der Waals surface area (Å²) in [5, 5.41) is 22.9. The zero-order valence-corrected chi connectivity index (χ0v) is 32.2. The van der Waals surface area contributed by atoms with E-state index in [-0.39, 0.29) is 17.6 Å². The van der Waals surface area contributed by atoms with Crippen LogP contribution in [0.15, 0.2) is 97.3 Å². The van der Waals surface area contributed by atoms with Gasteiger partial charge in [0.15, 0.2) is 5.82 Å². The van der Waals surface area contributed by atoms with Crippen LogP contribution in [0.5, 0.6) is 5.75 Å². The van der Waals surface area contributed by atoms with Crippen LogP contribution >= 0.6 is 0 Å². The molecule has 2 unspecified atom stereocenters. The van der Waals surface area contributed by atoms with Crippen LogP contribution < -0.4 is 20.9 Å². The molecule has 4 aliphatic heterocycles. The van der Waals surface area contributed by atoms with Gasteiger partial charge in [-0.3, -0.25) is 10.1 Å². The number of hydrogen-bond donors (Lipinski definition) is 3. The van der Waals surface area contributed by atoms with Gasteiger partial charge in [0, 0.05) is 119 Å². The lowest BCUT2D eigenvalue weighted by molar-refractivity contribution is 0.0158.